The molecule has 3 heterocycles. The molecule has 17 heavy (non-hydrogen) atoms. The Labute approximate surface area is 100 Å². The molecule has 2 aromatic heterocycles. The van der Waals surface area contributed by atoms with Crippen molar-refractivity contribution in [2.45, 2.75) is 32.7 Å². The summed E-state index contributed by atoms with van der Waals surface area (Å²) in [5, 5.41) is 12.1. The Bertz CT molecular complexity index is 530. The minimum atomic E-state index is 0.213. The van der Waals surface area contributed by atoms with E-state index in [0.29, 0.717) is 0 Å². The van der Waals surface area contributed by atoms with Crippen LogP contribution in [0, 0.1) is 5.41 Å². The molecular formula is C12H17N5. The minimum Gasteiger partial charge on any atom is -0.307 e. The van der Waals surface area contributed by atoms with Crippen LogP contribution in [0.15, 0.2) is 18.6 Å². The molecule has 0 amide bonds. The van der Waals surface area contributed by atoms with Crippen molar-refractivity contribution >= 4 is 5.65 Å². The molecule has 1 N–H and O–H groups in total. The molecule has 0 radical (unpaired) electrons. The zero-order chi connectivity index (χ0) is 11.9. The summed E-state index contributed by atoms with van der Waals surface area (Å²) < 4.78 is 2.03. The molecule has 5 heteroatoms. The molecule has 2 aromatic rings. The van der Waals surface area contributed by atoms with Crippen LogP contribution < -0.4 is 5.32 Å². The standard InChI is InChI=1S/C12H17N5/c1-12(2)4-3-5-14-10(12)11-16-15-9-8-13-6-7-17(9)11/h6-8,10,14H,3-5H2,1-2H3. The number of aromatic nitrogens is 4. The van der Waals surface area contributed by atoms with E-state index in [1.807, 2.05) is 10.6 Å². The lowest BCUT2D eigenvalue weighted by Crippen LogP contribution is -2.40. The van der Waals surface area contributed by atoms with Crippen LogP contribution in [0.25, 0.3) is 5.65 Å². The van der Waals surface area contributed by atoms with Gasteiger partial charge in [-0.15, -0.1) is 10.2 Å². The third-order valence-corrected chi connectivity index (χ3v) is 3.63. The average molecular weight is 231 g/mol. The Morgan fingerprint density at radius 3 is 3.12 bits per heavy atom. The van der Waals surface area contributed by atoms with Crippen LogP contribution in [0.1, 0.15) is 38.6 Å². The smallest absolute Gasteiger partial charge is 0.179 e. The molecule has 90 valence electrons. The Kier molecular flexibility index (Phi) is 2.36. The molecule has 1 saturated heterocycles. The van der Waals surface area contributed by atoms with Gasteiger partial charge in [0, 0.05) is 12.4 Å². The number of piperidine rings is 1. The van der Waals surface area contributed by atoms with E-state index in [4.69, 9.17) is 0 Å². The first kappa shape index (κ1) is 10.7. The number of rotatable bonds is 1. The Hall–Kier alpha value is -1.49. The zero-order valence-corrected chi connectivity index (χ0v) is 10.2. The van der Waals surface area contributed by atoms with E-state index in [-0.39, 0.29) is 11.5 Å². The lowest BCUT2D eigenvalue weighted by Gasteiger charge is -2.38. The summed E-state index contributed by atoms with van der Waals surface area (Å²) in [6.45, 7) is 5.62. The van der Waals surface area contributed by atoms with E-state index in [1.165, 1.54) is 12.8 Å². The van der Waals surface area contributed by atoms with E-state index in [9.17, 15) is 0 Å². The highest BCUT2D eigenvalue weighted by atomic mass is 15.3. The molecule has 5 nitrogen and oxygen atoms in total. The zero-order valence-electron chi connectivity index (χ0n) is 10.2. The van der Waals surface area contributed by atoms with Crippen LogP contribution in [0.5, 0.6) is 0 Å². The summed E-state index contributed by atoms with van der Waals surface area (Å²) in [6.07, 6.45) is 7.88. The van der Waals surface area contributed by atoms with Gasteiger partial charge >= 0.3 is 0 Å². The summed E-state index contributed by atoms with van der Waals surface area (Å²) in [5.74, 6) is 0.993. The van der Waals surface area contributed by atoms with Crippen molar-refractivity contribution in [3.63, 3.8) is 0 Å². The summed E-state index contributed by atoms with van der Waals surface area (Å²) in [4.78, 5) is 4.06. The van der Waals surface area contributed by atoms with Crippen molar-refractivity contribution in [1.29, 1.82) is 0 Å². The van der Waals surface area contributed by atoms with Crippen LogP contribution in [-0.4, -0.2) is 26.1 Å². The lowest BCUT2D eigenvalue weighted by molar-refractivity contribution is 0.173. The molecule has 0 aliphatic carbocycles. The first-order chi connectivity index (χ1) is 8.18. The maximum Gasteiger partial charge on any atom is 0.179 e. The van der Waals surface area contributed by atoms with Crippen molar-refractivity contribution in [3.8, 4) is 0 Å². The maximum absolute atomic E-state index is 4.33. The molecule has 1 aliphatic heterocycles. The number of nitrogens with zero attached hydrogens (tertiary/aromatic N) is 4. The van der Waals surface area contributed by atoms with E-state index < -0.39 is 0 Å². The third kappa shape index (κ3) is 1.70. The second-order valence-corrected chi connectivity index (χ2v) is 5.34. The van der Waals surface area contributed by atoms with Crippen LogP contribution in [0.4, 0.5) is 0 Å². The molecule has 0 saturated carbocycles. The summed E-state index contributed by atoms with van der Waals surface area (Å²) in [6, 6.07) is 0.258. The first-order valence-corrected chi connectivity index (χ1v) is 6.06. The van der Waals surface area contributed by atoms with Gasteiger partial charge in [0.1, 0.15) is 0 Å². The number of fused-ring (bicyclic) bond motifs is 1. The van der Waals surface area contributed by atoms with Crippen LogP contribution in [0.3, 0.4) is 0 Å². The molecular weight excluding hydrogens is 214 g/mol. The predicted octanol–water partition coefficient (Wildman–Crippen LogP) is 1.57. The van der Waals surface area contributed by atoms with Gasteiger partial charge in [-0.05, 0) is 24.8 Å². The van der Waals surface area contributed by atoms with Crippen molar-refractivity contribution in [2.24, 2.45) is 5.41 Å². The van der Waals surface area contributed by atoms with Gasteiger partial charge in [0.25, 0.3) is 0 Å². The fourth-order valence-corrected chi connectivity index (χ4v) is 2.62. The quantitative estimate of drug-likeness (QED) is 0.809. The highest BCUT2D eigenvalue weighted by molar-refractivity contribution is 5.34. The molecule has 0 spiro atoms. The number of hydrogen-bond acceptors (Lipinski definition) is 4. The second kappa shape index (κ2) is 3.77. The predicted molar refractivity (Wildman–Crippen MR) is 64.5 cm³/mol. The molecule has 1 aliphatic rings. The summed E-state index contributed by atoms with van der Waals surface area (Å²) in [5.41, 5.74) is 1.02. The normalized spacial score (nSPS) is 24.0. The van der Waals surface area contributed by atoms with Crippen molar-refractivity contribution in [1.82, 2.24) is 24.9 Å². The fourth-order valence-electron chi connectivity index (χ4n) is 2.62. The van der Waals surface area contributed by atoms with Crippen LogP contribution in [-0.2, 0) is 0 Å². The van der Waals surface area contributed by atoms with Gasteiger partial charge in [-0.25, -0.2) is 0 Å². The molecule has 1 atom stereocenters. The highest BCUT2D eigenvalue weighted by Gasteiger charge is 2.36. The maximum atomic E-state index is 4.33. The van der Waals surface area contributed by atoms with E-state index in [0.717, 1.165) is 18.0 Å². The van der Waals surface area contributed by atoms with Crippen molar-refractivity contribution < 1.29 is 0 Å². The SMILES string of the molecule is CC1(C)CCCNC1c1nnc2cnccn12. The second-order valence-electron chi connectivity index (χ2n) is 5.34. The van der Waals surface area contributed by atoms with E-state index in [2.05, 4.69) is 34.3 Å². The average Bonchev–Trinajstić information content (AvgIpc) is 2.72. The Morgan fingerprint density at radius 2 is 2.29 bits per heavy atom. The van der Waals surface area contributed by atoms with Gasteiger partial charge in [0.15, 0.2) is 11.5 Å². The largest absolute Gasteiger partial charge is 0.307 e. The Morgan fingerprint density at radius 1 is 1.41 bits per heavy atom. The van der Waals surface area contributed by atoms with Gasteiger partial charge in [-0.1, -0.05) is 13.8 Å². The summed E-state index contributed by atoms with van der Waals surface area (Å²) >= 11 is 0. The van der Waals surface area contributed by atoms with Gasteiger partial charge < -0.3 is 5.32 Å². The molecule has 0 bridgehead atoms. The van der Waals surface area contributed by atoms with Gasteiger partial charge in [0.2, 0.25) is 0 Å². The molecule has 1 unspecified atom stereocenters. The van der Waals surface area contributed by atoms with Gasteiger partial charge in [-0.3, -0.25) is 9.38 Å². The fraction of sp³-hybridized carbons (Fsp3) is 0.583. The van der Waals surface area contributed by atoms with Crippen molar-refractivity contribution in [2.75, 3.05) is 6.54 Å². The first-order valence-electron chi connectivity index (χ1n) is 6.06. The van der Waals surface area contributed by atoms with Crippen molar-refractivity contribution in [3.05, 3.63) is 24.4 Å². The molecule has 1 fully saturated rings. The lowest BCUT2D eigenvalue weighted by atomic mass is 9.77. The molecule has 3 rings (SSSR count). The third-order valence-electron chi connectivity index (χ3n) is 3.63. The summed E-state index contributed by atoms with van der Waals surface area (Å²) in [7, 11) is 0. The van der Waals surface area contributed by atoms with E-state index >= 15 is 0 Å². The number of nitrogens with one attached hydrogen (secondary N) is 1. The van der Waals surface area contributed by atoms with E-state index in [1.54, 1.807) is 12.4 Å². The van der Waals surface area contributed by atoms with Crippen LogP contribution in [0.2, 0.25) is 0 Å². The van der Waals surface area contributed by atoms with Gasteiger partial charge in [0.05, 0.1) is 12.2 Å². The minimum absolute atomic E-state index is 0.213. The Balaban J connectivity index is 2.08. The topological polar surface area (TPSA) is 55.1 Å². The van der Waals surface area contributed by atoms with Gasteiger partial charge in [-0.2, -0.15) is 0 Å². The highest BCUT2D eigenvalue weighted by Crippen LogP contribution is 2.39. The number of hydrogen-bond donors (Lipinski definition) is 1. The monoisotopic (exact) mass is 231 g/mol. The van der Waals surface area contributed by atoms with Crippen LogP contribution >= 0.6 is 0 Å². The molecule has 0 aromatic carbocycles.